The van der Waals surface area contributed by atoms with E-state index in [2.05, 4.69) is 26.0 Å². The molecule has 1 aliphatic rings. The fourth-order valence-corrected chi connectivity index (χ4v) is 5.62. The van der Waals surface area contributed by atoms with E-state index in [4.69, 9.17) is 4.74 Å². The van der Waals surface area contributed by atoms with Crippen LogP contribution in [0.5, 0.6) is 0 Å². The molecule has 3 nitrogen and oxygen atoms in total. The fraction of sp³-hybridized carbons (Fsp3) is 0.609. The number of benzene rings is 1. The lowest BCUT2D eigenvalue weighted by Crippen LogP contribution is -2.57. The van der Waals surface area contributed by atoms with Crippen LogP contribution in [-0.2, 0) is 9.53 Å². The summed E-state index contributed by atoms with van der Waals surface area (Å²) in [5.74, 6) is -0.0807. The molecule has 1 fully saturated rings. The first kappa shape index (κ1) is 22.0. The molecule has 0 saturated heterocycles. The Kier molecular flexibility index (Phi) is 7.20. The molecule has 1 aromatic carbocycles. The Morgan fingerprint density at radius 3 is 2.59 bits per heavy atom. The topological polar surface area (TPSA) is 46.5 Å². The van der Waals surface area contributed by atoms with Crippen molar-refractivity contribution in [2.45, 2.75) is 70.3 Å². The smallest absolute Gasteiger partial charge is 0.311 e. The second-order valence-electron chi connectivity index (χ2n) is 8.40. The van der Waals surface area contributed by atoms with Crippen LogP contribution in [0, 0.1) is 16.7 Å². The number of ether oxygens (including phenoxy) is 1. The van der Waals surface area contributed by atoms with Gasteiger partial charge in [0.2, 0.25) is 0 Å². The molecule has 1 N–H and O–H groups in total. The standard InChI is InChI=1S/C23H34O3S/c1-6-11-19-21(2,20(24)26-5)14-10-15-22(19,3)23(4,25)16-17-27-18-12-8-7-9-13-18/h7-9,12-13,16-17,19,25H,6,10-11,14-15H2,1-5H3/b17-16+/t19-,21-,22-,23?/m1/s1. The average molecular weight is 391 g/mol. The zero-order valence-corrected chi connectivity index (χ0v) is 18.1. The van der Waals surface area contributed by atoms with Crippen LogP contribution in [0.1, 0.15) is 59.8 Å². The van der Waals surface area contributed by atoms with E-state index in [1.807, 2.05) is 43.5 Å². The zero-order valence-electron chi connectivity index (χ0n) is 17.3. The molecule has 150 valence electrons. The van der Waals surface area contributed by atoms with Gasteiger partial charge >= 0.3 is 5.97 Å². The lowest BCUT2D eigenvalue weighted by atomic mass is 9.49. The van der Waals surface area contributed by atoms with Crippen LogP contribution >= 0.6 is 11.8 Å². The van der Waals surface area contributed by atoms with Crippen LogP contribution in [0.2, 0.25) is 0 Å². The summed E-state index contributed by atoms with van der Waals surface area (Å²) >= 11 is 1.60. The third kappa shape index (κ3) is 4.43. The molecule has 0 aliphatic heterocycles. The monoisotopic (exact) mass is 390 g/mol. The maximum atomic E-state index is 12.7. The zero-order chi connectivity index (χ0) is 20.1. The third-order valence-corrected chi connectivity index (χ3v) is 7.47. The highest BCUT2D eigenvalue weighted by Gasteiger charge is 2.58. The quantitative estimate of drug-likeness (QED) is 0.470. The fourth-order valence-electron chi connectivity index (χ4n) is 4.82. The molecule has 0 amide bonds. The van der Waals surface area contributed by atoms with E-state index in [0.29, 0.717) is 0 Å². The molecule has 1 aliphatic carbocycles. The van der Waals surface area contributed by atoms with E-state index in [1.165, 1.54) is 7.11 Å². The number of carbonyl (C=O) groups excluding carboxylic acids is 1. The van der Waals surface area contributed by atoms with E-state index in [1.54, 1.807) is 11.8 Å². The Morgan fingerprint density at radius 2 is 2.00 bits per heavy atom. The average Bonchev–Trinajstić information content (AvgIpc) is 2.65. The lowest BCUT2D eigenvalue weighted by molar-refractivity contribution is -0.176. The predicted molar refractivity (Wildman–Crippen MR) is 113 cm³/mol. The minimum absolute atomic E-state index is 0.0672. The van der Waals surface area contributed by atoms with Gasteiger partial charge in [0.05, 0.1) is 18.1 Å². The predicted octanol–water partition coefficient (Wildman–Crippen LogP) is 5.83. The van der Waals surface area contributed by atoms with Crippen molar-refractivity contribution in [3.8, 4) is 0 Å². The summed E-state index contributed by atoms with van der Waals surface area (Å²) in [7, 11) is 1.47. The highest BCUT2D eigenvalue weighted by Crippen LogP contribution is 2.58. The second-order valence-corrected chi connectivity index (χ2v) is 9.38. The van der Waals surface area contributed by atoms with E-state index < -0.39 is 16.4 Å². The molecular weight excluding hydrogens is 356 g/mol. The van der Waals surface area contributed by atoms with Crippen molar-refractivity contribution in [2.24, 2.45) is 16.7 Å². The molecule has 0 bridgehead atoms. The Hall–Kier alpha value is -1.26. The Labute approximate surface area is 168 Å². The van der Waals surface area contributed by atoms with Crippen molar-refractivity contribution in [2.75, 3.05) is 7.11 Å². The maximum absolute atomic E-state index is 12.7. The van der Waals surface area contributed by atoms with Crippen LogP contribution in [0.4, 0.5) is 0 Å². The molecule has 2 rings (SSSR count). The van der Waals surface area contributed by atoms with Gasteiger partial charge < -0.3 is 9.84 Å². The highest BCUT2D eigenvalue weighted by molar-refractivity contribution is 8.02. The van der Waals surface area contributed by atoms with E-state index in [9.17, 15) is 9.90 Å². The summed E-state index contributed by atoms with van der Waals surface area (Å²) in [5, 5.41) is 13.5. The minimum Gasteiger partial charge on any atom is -0.469 e. The maximum Gasteiger partial charge on any atom is 0.311 e. The highest BCUT2D eigenvalue weighted by atomic mass is 32.2. The van der Waals surface area contributed by atoms with Gasteiger partial charge in [0.1, 0.15) is 0 Å². The van der Waals surface area contributed by atoms with Gasteiger partial charge in [0.25, 0.3) is 0 Å². The molecule has 27 heavy (non-hydrogen) atoms. The summed E-state index contributed by atoms with van der Waals surface area (Å²) in [5.41, 5.74) is -1.95. The summed E-state index contributed by atoms with van der Waals surface area (Å²) < 4.78 is 5.17. The first-order chi connectivity index (χ1) is 12.7. The summed E-state index contributed by atoms with van der Waals surface area (Å²) in [4.78, 5) is 13.8. The molecule has 4 heteroatoms. The molecule has 0 heterocycles. The number of rotatable bonds is 7. The number of aliphatic hydroxyl groups is 1. The molecule has 1 unspecified atom stereocenters. The van der Waals surface area contributed by atoms with Crippen LogP contribution in [0.15, 0.2) is 46.7 Å². The number of esters is 1. The largest absolute Gasteiger partial charge is 0.469 e. The van der Waals surface area contributed by atoms with E-state index >= 15 is 0 Å². The van der Waals surface area contributed by atoms with E-state index in [0.717, 1.165) is 37.0 Å². The van der Waals surface area contributed by atoms with Gasteiger partial charge in [-0.2, -0.15) is 0 Å². The summed E-state index contributed by atoms with van der Waals surface area (Å²) in [6, 6.07) is 10.1. The van der Waals surface area contributed by atoms with Gasteiger partial charge in [-0.1, -0.05) is 56.7 Å². The first-order valence-corrected chi connectivity index (χ1v) is 10.8. The molecule has 0 spiro atoms. The van der Waals surface area contributed by atoms with Crippen LogP contribution in [-0.4, -0.2) is 23.8 Å². The van der Waals surface area contributed by atoms with Crippen molar-refractivity contribution in [3.63, 3.8) is 0 Å². The molecule has 0 aromatic heterocycles. The van der Waals surface area contributed by atoms with E-state index in [-0.39, 0.29) is 11.9 Å². The third-order valence-electron chi connectivity index (χ3n) is 6.66. The first-order valence-electron chi connectivity index (χ1n) is 9.91. The Morgan fingerprint density at radius 1 is 1.33 bits per heavy atom. The van der Waals surface area contributed by atoms with Crippen molar-refractivity contribution in [1.82, 2.24) is 0 Å². The van der Waals surface area contributed by atoms with Crippen LogP contribution < -0.4 is 0 Å². The number of methoxy groups -OCH3 is 1. The summed E-state index contributed by atoms with van der Waals surface area (Å²) in [6.07, 6.45) is 6.42. The van der Waals surface area contributed by atoms with Gasteiger partial charge in [-0.25, -0.2) is 0 Å². The minimum atomic E-state index is -1.01. The van der Waals surface area contributed by atoms with Crippen molar-refractivity contribution < 1.29 is 14.6 Å². The van der Waals surface area contributed by atoms with Crippen molar-refractivity contribution >= 4 is 17.7 Å². The van der Waals surface area contributed by atoms with Gasteiger partial charge in [0.15, 0.2) is 0 Å². The van der Waals surface area contributed by atoms with Gasteiger partial charge in [0, 0.05) is 10.3 Å². The van der Waals surface area contributed by atoms with Crippen molar-refractivity contribution in [1.29, 1.82) is 0 Å². The number of hydrogen-bond donors (Lipinski definition) is 1. The Balaban J connectivity index is 2.31. The molecule has 0 radical (unpaired) electrons. The van der Waals surface area contributed by atoms with Gasteiger partial charge in [-0.3, -0.25) is 4.79 Å². The summed E-state index contributed by atoms with van der Waals surface area (Å²) in [6.45, 7) is 8.20. The molecular formula is C23H34O3S. The normalized spacial score (nSPS) is 30.8. The van der Waals surface area contributed by atoms with Gasteiger partial charge in [-0.05, 0) is 62.6 Å². The van der Waals surface area contributed by atoms with Crippen molar-refractivity contribution in [3.05, 3.63) is 41.8 Å². The van der Waals surface area contributed by atoms with Crippen LogP contribution in [0.3, 0.4) is 0 Å². The molecule has 1 saturated carbocycles. The molecule has 1 aromatic rings. The number of hydrogen-bond acceptors (Lipinski definition) is 4. The lowest BCUT2D eigenvalue weighted by Gasteiger charge is -2.56. The SMILES string of the molecule is CCC[C@@H]1[C@](C)(C(=O)OC)CCC[C@@]1(C)C(C)(O)/C=C/Sc1ccccc1. The molecule has 4 atom stereocenters. The Bertz CT molecular complexity index is 655. The van der Waals surface area contributed by atoms with Gasteiger partial charge in [-0.15, -0.1) is 0 Å². The number of carbonyl (C=O) groups is 1. The van der Waals surface area contributed by atoms with Crippen LogP contribution in [0.25, 0.3) is 0 Å². The number of thioether (sulfide) groups is 1. The second kappa shape index (κ2) is 8.83.